The van der Waals surface area contributed by atoms with Crippen molar-refractivity contribution in [3.05, 3.63) is 48.9 Å². The molecule has 7 heteroatoms. The zero-order chi connectivity index (χ0) is 18.7. The lowest BCUT2D eigenvalue weighted by molar-refractivity contribution is -0.119. The van der Waals surface area contributed by atoms with Crippen molar-refractivity contribution in [2.24, 2.45) is 9.98 Å². The van der Waals surface area contributed by atoms with Crippen molar-refractivity contribution in [3.8, 4) is 5.75 Å². The maximum absolute atomic E-state index is 12.3. The van der Waals surface area contributed by atoms with E-state index in [1.807, 2.05) is 6.92 Å². The van der Waals surface area contributed by atoms with E-state index < -0.39 is 5.54 Å². The first kappa shape index (κ1) is 20.0. The van der Waals surface area contributed by atoms with Crippen LogP contribution in [0.15, 0.2) is 58.9 Å². The zero-order valence-electron chi connectivity index (χ0n) is 14.6. The Morgan fingerprint density at radius 3 is 2.64 bits per heavy atom. The summed E-state index contributed by atoms with van der Waals surface area (Å²) >= 11 is 0. The summed E-state index contributed by atoms with van der Waals surface area (Å²) in [4.78, 5) is 20.5. The van der Waals surface area contributed by atoms with Crippen LogP contribution >= 0.6 is 0 Å². The predicted molar refractivity (Wildman–Crippen MR) is 99.1 cm³/mol. The fourth-order valence-corrected chi connectivity index (χ4v) is 1.59. The SMILES string of the molecule is CC(CN/C=C/C=C/O)N=C=NC(C)(C)C(=O)Nc1ccc(O)cc1. The molecular formula is C18H24N4O3. The number of hydrogen-bond donors (Lipinski definition) is 4. The van der Waals surface area contributed by atoms with Crippen molar-refractivity contribution >= 4 is 17.6 Å². The van der Waals surface area contributed by atoms with Crippen LogP contribution in [0.4, 0.5) is 5.69 Å². The third-order valence-electron chi connectivity index (χ3n) is 3.11. The Balaban J connectivity index is 2.57. The fraction of sp³-hybridized carbons (Fsp3) is 0.333. The number of nitrogens with one attached hydrogen (secondary N) is 2. The maximum atomic E-state index is 12.3. The number of phenolic OH excluding ortho intramolecular Hbond substituents is 1. The number of aromatic hydroxyl groups is 1. The van der Waals surface area contributed by atoms with Gasteiger partial charge in [-0.15, -0.1) is 0 Å². The molecule has 7 nitrogen and oxygen atoms in total. The van der Waals surface area contributed by atoms with Crippen LogP contribution in [0.3, 0.4) is 0 Å². The van der Waals surface area contributed by atoms with Gasteiger partial charge < -0.3 is 20.8 Å². The number of benzene rings is 1. The van der Waals surface area contributed by atoms with E-state index in [1.165, 1.54) is 18.2 Å². The Morgan fingerprint density at radius 2 is 2.00 bits per heavy atom. The number of allylic oxidation sites excluding steroid dienone is 2. The number of aliphatic imine (C=N–C) groups is 2. The lowest BCUT2D eigenvalue weighted by Crippen LogP contribution is -2.35. The van der Waals surface area contributed by atoms with Gasteiger partial charge in [-0.3, -0.25) is 4.79 Å². The van der Waals surface area contributed by atoms with Crippen LogP contribution in [0.25, 0.3) is 0 Å². The number of phenols is 1. The summed E-state index contributed by atoms with van der Waals surface area (Å²) < 4.78 is 0. The molecule has 0 saturated heterocycles. The van der Waals surface area contributed by atoms with Gasteiger partial charge in [-0.1, -0.05) is 0 Å². The molecule has 0 aromatic heterocycles. The second-order valence-electron chi connectivity index (χ2n) is 5.86. The topological polar surface area (TPSA) is 106 Å². The summed E-state index contributed by atoms with van der Waals surface area (Å²) in [5.41, 5.74) is -0.454. The molecule has 0 aliphatic carbocycles. The van der Waals surface area contributed by atoms with Gasteiger partial charge in [0.15, 0.2) is 0 Å². The van der Waals surface area contributed by atoms with E-state index in [2.05, 4.69) is 26.6 Å². The van der Waals surface area contributed by atoms with Crippen LogP contribution in [-0.4, -0.2) is 40.3 Å². The molecule has 25 heavy (non-hydrogen) atoms. The number of amides is 1. The molecule has 4 N–H and O–H groups in total. The molecule has 0 spiro atoms. The molecule has 0 fully saturated rings. The molecule has 1 atom stereocenters. The fourth-order valence-electron chi connectivity index (χ4n) is 1.59. The lowest BCUT2D eigenvalue weighted by Gasteiger charge is -2.17. The highest BCUT2D eigenvalue weighted by Gasteiger charge is 2.26. The van der Waals surface area contributed by atoms with Crippen molar-refractivity contribution in [1.82, 2.24) is 5.32 Å². The van der Waals surface area contributed by atoms with Crippen LogP contribution in [0, 0.1) is 0 Å². The number of carbonyl (C=O) groups is 1. The molecule has 0 aliphatic heterocycles. The van der Waals surface area contributed by atoms with E-state index in [-0.39, 0.29) is 17.7 Å². The molecule has 1 rings (SSSR count). The molecule has 0 bridgehead atoms. The Bertz CT molecular complexity index is 672. The van der Waals surface area contributed by atoms with Crippen molar-refractivity contribution < 1.29 is 15.0 Å². The molecule has 0 aliphatic rings. The smallest absolute Gasteiger partial charge is 0.252 e. The highest BCUT2D eigenvalue weighted by molar-refractivity contribution is 5.98. The highest BCUT2D eigenvalue weighted by atomic mass is 16.3. The summed E-state index contributed by atoms with van der Waals surface area (Å²) in [6, 6.07) is 8.70. The summed E-state index contributed by atoms with van der Waals surface area (Å²) in [6.45, 7) is 5.78. The van der Waals surface area contributed by atoms with E-state index in [1.54, 1.807) is 38.3 Å². The summed E-state index contributed by atoms with van der Waals surface area (Å²) in [7, 11) is 0. The van der Waals surface area contributed by atoms with Gasteiger partial charge in [0.2, 0.25) is 0 Å². The van der Waals surface area contributed by atoms with E-state index in [0.717, 1.165) is 6.26 Å². The van der Waals surface area contributed by atoms with E-state index in [0.29, 0.717) is 12.2 Å². The van der Waals surface area contributed by atoms with Crippen molar-refractivity contribution in [1.29, 1.82) is 0 Å². The largest absolute Gasteiger partial charge is 0.516 e. The molecule has 0 saturated carbocycles. The van der Waals surface area contributed by atoms with Gasteiger partial charge in [0.1, 0.15) is 11.3 Å². The molecule has 1 aromatic carbocycles. The summed E-state index contributed by atoms with van der Waals surface area (Å²) in [5.74, 6) is -0.169. The minimum absolute atomic E-state index is 0.0811. The second-order valence-corrected chi connectivity index (χ2v) is 5.86. The monoisotopic (exact) mass is 344 g/mol. The van der Waals surface area contributed by atoms with Crippen molar-refractivity contribution in [2.75, 3.05) is 11.9 Å². The quantitative estimate of drug-likeness (QED) is 0.252. The Kier molecular flexibility index (Phi) is 7.96. The molecular weight excluding hydrogens is 320 g/mol. The Labute approximate surface area is 147 Å². The number of anilines is 1. The van der Waals surface area contributed by atoms with E-state index >= 15 is 0 Å². The van der Waals surface area contributed by atoms with Crippen LogP contribution in [0.1, 0.15) is 20.8 Å². The van der Waals surface area contributed by atoms with Crippen LogP contribution in [-0.2, 0) is 4.79 Å². The van der Waals surface area contributed by atoms with Gasteiger partial charge in [-0.05, 0) is 63.4 Å². The summed E-state index contributed by atoms with van der Waals surface area (Å²) in [5, 5.41) is 23.5. The Hall–Kier alpha value is -3.05. The molecule has 0 heterocycles. The molecule has 1 unspecified atom stereocenters. The van der Waals surface area contributed by atoms with Gasteiger partial charge in [0, 0.05) is 12.2 Å². The number of rotatable bonds is 8. The van der Waals surface area contributed by atoms with E-state index in [9.17, 15) is 9.90 Å². The molecule has 0 radical (unpaired) electrons. The maximum Gasteiger partial charge on any atom is 0.252 e. The number of hydrogen-bond acceptors (Lipinski definition) is 6. The first-order chi connectivity index (χ1) is 11.8. The number of aliphatic hydroxyl groups excluding tert-OH is 1. The average molecular weight is 344 g/mol. The molecule has 134 valence electrons. The lowest BCUT2D eigenvalue weighted by atomic mass is 10.1. The zero-order valence-corrected chi connectivity index (χ0v) is 14.6. The van der Waals surface area contributed by atoms with Gasteiger partial charge in [-0.25, -0.2) is 9.98 Å². The standard InChI is InChI=1S/C18H24N4O3/c1-14(12-19-10-4-5-11-23)20-13-21-18(2,3)17(25)22-15-6-8-16(24)9-7-15/h4-11,14,19,23-24H,12H2,1-3H3,(H,22,25)/b10-4+,11-5+. The second kappa shape index (κ2) is 9.95. The van der Waals surface area contributed by atoms with Crippen LogP contribution in [0.2, 0.25) is 0 Å². The van der Waals surface area contributed by atoms with Gasteiger partial charge in [0.25, 0.3) is 5.91 Å². The third-order valence-corrected chi connectivity index (χ3v) is 3.11. The number of carbonyl (C=O) groups excluding carboxylic acids is 1. The highest BCUT2D eigenvalue weighted by Crippen LogP contribution is 2.17. The van der Waals surface area contributed by atoms with E-state index in [4.69, 9.17) is 5.11 Å². The van der Waals surface area contributed by atoms with Crippen LogP contribution in [0.5, 0.6) is 5.75 Å². The number of nitrogens with zero attached hydrogens (tertiary/aromatic N) is 2. The minimum atomic E-state index is -1.03. The average Bonchev–Trinajstić information content (AvgIpc) is 2.56. The normalized spacial score (nSPS) is 12.6. The predicted octanol–water partition coefficient (Wildman–Crippen LogP) is 2.85. The number of aliphatic hydroxyl groups is 1. The Morgan fingerprint density at radius 1 is 1.32 bits per heavy atom. The minimum Gasteiger partial charge on any atom is -0.516 e. The van der Waals surface area contributed by atoms with Gasteiger partial charge >= 0.3 is 0 Å². The molecule has 1 amide bonds. The van der Waals surface area contributed by atoms with Gasteiger partial charge in [-0.2, -0.15) is 0 Å². The third kappa shape index (κ3) is 7.85. The molecule has 1 aromatic rings. The summed E-state index contributed by atoms with van der Waals surface area (Å²) in [6.07, 6.45) is 5.77. The van der Waals surface area contributed by atoms with Gasteiger partial charge in [0.05, 0.1) is 18.3 Å². The first-order valence-electron chi connectivity index (χ1n) is 7.81. The van der Waals surface area contributed by atoms with Crippen molar-refractivity contribution in [3.63, 3.8) is 0 Å². The van der Waals surface area contributed by atoms with Crippen LogP contribution < -0.4 is 10.6 Å². The van der Waals surface area contributed by atoms with Crippen molar-refractivity contribution in [2.45, 2.75) is 32.4 Å². The first-order valence-corrected chi connectivity index (χ1v) is 7.81.